The van der Waals surface area contributed by atoms with Crippen LogP contribution >= 0.6 is 19.8 Å². The second kappa shape index (κ2) is 9.02. The van der Waals surface area contributed by atoms with Crippen LogP contribution in [0.3, 0.4) is 0 Å². The van der Waals surface area contributed by atoms with Crippen molar-refractivity contribution in [3.8, 4) is 0 Å². The van der Waals surface area contributed by atoms with E-state index in [-0.39, 0.29) is 47.5 Å². The molecule has 2 atom stereocenters. The first-order chi connectivity index (χ1) is 11.4. The number of hydrogen-bond acceptors (Lipinski definition) is 5. The van der Waals surface area contributed by atoms with Crippen LogP contribution in [-0.4, -0.2) is 58.3 Å². The van der Waals surface area contributed by atoms with E-state index in [0.717, 1.165) is 25.7 Å². The van der Waals surface area contributed by atoms with Crippen molar-refractivity contribution in [3.05, 3.63) is 0 Å². The Morgan fingerprint density at radius 2 is 2.00 bits per heavy atom. The summed E-state index contributed by atoms with van der Waals surface area (Å²) in [6.45, 7) is 0.704. The zero-order chi connectivity index (χ0) is 17.7. The molecule has 0 radical (unpaired) electrons. The molecule has 0 bridgehead atoms. The summed E-state index contributed by atoms with van der Waals surface area (Å²) in [5.41, 5.74) is 0. The molecule has 1 saturated heterocycles. The summed E-state index contributed by atoms with van der Waals surface area (Å²) in [5, 5.41) is 2.47. The number of carbonyl (C=O) groups excluding carboxylic acids is 3. The van der Waals surface area contributed by atoms with Gasteiger partial charge in [-0.3, -0.25) is 23.8 Å². The molecule has 24 heavy (non-hydrogen) atoms. The van der Waals surface area contributed by atoms with Gasteiger partial charge in [-0.2, -0.15) is 11.8 Å². The molecule has 2 unspecified atom stereocenters. The maximum absolute atomic E-state index is 12.1. The van der Waals surface area contributed by atoms with Gasteiger partial charge in [-0.05, 0) is 37.9 Å². The number of nitrogens with zero attached hydrogens (tertiary/aromatic N) is 1. The molecular formula is C15H25N2O5PS. The summed E-state index contributed by atoms with van der Waals surface area (Å²) in [6, 6.07) is 0. The summed E-state index contributed by atoms with van der Waals surface area (Å²) in [4.78, 5) is 46.3. The minimum Gasteiger partial charge on any atom is -0.355 e. The number of thioether (sulfide) groups is 1. The van der Waals surface area contributed by atoms with E-state index < -0.39 is 8.03 Å². The highest BCUT2D eigenvalue weighted by Gasteiger charge is 2.39. The molecule has 0 spiro atoms. The normalized spacial score (nSPS) is 28.9. The third-order valence-corrected chi connectivity index (χ3v) is 6.40. The molecule has 2 N–H and O–H groups in total. The Kier molecular flexibility index (Phi) is 7.32. The third kappa shape index (κ3) is 5.07. The van der Waals surface area contributed by atoms with E-state index >= 15 is 0 Å². The van der Waals surface area contributed by atoms with Gasteiger partial charge in [0.15, 0.2) is 8.03 Å². The fourth-order valence-electron chi connectivity index (χ4n) is 3.33. The van der Waals surface area contributed by atoms with E-state index in [2.05, 4.69) is 5.32 Å². The van der Waals surface area contributed by atoms with Gasteiger partial charge in [-0.25, -0.2) is 0 Å². The van der Waals surface area contributed by atoms with Gasteiger partial charge < -0.3 is 10.2 Å². The lowest BCUT2D eigenvalue weighted by molar-refractivity contribution is -0.139. The average Bonchev–Trinajstić information content (AvgIpc) is 2.82. The van der Waals surface area contributed by atoms with Crippen molar-refractivity contribution in [2.24, 2.45) is 11.8 Å². The summed E-state index contributed by atoms with van der Waals surface area (Å²) in [6.07, 6.45) is 5.34. The van der Waals surface area contributed by atoms with Crippen LogP contribution in [-0.2, 0) is 18.9 Å². The summed E-state index contributed by atoms with van der Waals surface area (Å²) < 4.78 is 10.6. The largest absolute Gasteiger partial charge is 0.355 e. The molecular weight excluding hydrogens is 351 g/mol. The highest BCUT2D eigenvalue weighted by molar-refractivity contribution is 8.00. The van der Waals surface area contributed by atoms with E-state index in [1.54, 1.807) is 0 Å². The highest BCUT2D eigenvalue weighted by Crippen LogP contribution is 2.32. The van der Waals surface area contributed by atoms with E-state index in [9.17, 15) is 18.9 Å². The predicted octanol–water partition coefficient (Wildman–Crippen LogP) is 0.866. The Labute approximate surface area is 146 Å². The SMILES string of the molecule is CSC1CC(=O)N(CC2CCC(C(=O)NCC[PH](=O)O)CC2)C1=O. The maximum Gasteiger partial charge on any atom is 0.242 e. The Balaban J connectivity index is 1.75. The number of amides is 3. The van der Waals surface area contributed by atoms with Gasteiger partial charge in [-0.1, -0.05) is 0 Å². The second-order valence-electron chi connectivity index (χ2n) is 6.42. The predicted molar refractivity (Wildman–Crippen MR) is 93.2 cm³/mol. The van der Waals surface area contributed by atoms with Crippen LogP contribution in [0.5, 0.6) is 0 Å². The number of likely N-dealkylation sites (tertiary alicyclic amines) is 1. The number of carbonyl (C=O) groups is 3. The van der Waals surface area contributed by atoms with Crippen LogP contribution in [0.25, 0.3) is 0 Å². The molecule has 1 saturated carbocycles. The monoisotopic (exact) mass is 376 g/mol. The summed E-state index contributed by atoms with van der Waals surface area (Å²) in [7, 11) is -2.53. The van der Waals surface area contributed by atoms with Crippen LogP contribution in [0.4, 0.5) is 0 Å². The maximum atomic E-state index is 12.1. The lowest BCUT2D eigenvalue weighted by Gasteiger charge is -2.30. The first-order valence-corrected chi connectivity index (χ1v) is 11.1. The van der Waals surface area contributed by atoms with Crippen molar-refractivity contribution in [1.82, 2.24) is 10.2 Å². The van der Waals surface area contributed by atoms with Gasteiger partial charge in [0, 0.05) is 31.6 Å². The zero-order valence-corrected chi connectivity index (χ0v) is 15.6. The van der Waals surface area contributed by atoms with Gasteiger partial charge in [0.1, 0.15) is 0 Å². The number of nitrogens with one attached hydrogen (secondary N) is 1. The van der Waals surface area contributed by atoms with Gasteiger partial charge in [0.2, 0.25) is 17.7 Å². The second-order valence-corrected chi connectivity index (χ2v) is 8.75. The molecule has 0 aromatic heterocycles. The van der Waals surface area contributed by atoms with Crippen molar-refractivity contribution in [1.29, 1.82) is 0 Å². The number of imide groups is 1. The minimum absolute atomic E-state index is 0.0625. The highest BCUT2D eigenvalue weighted by atomic mass is 32.2. The minimum atomic E-state index is -2.53. The van der Waals surface area contributed by atoms with Crippen LogP contribution in [0.15, 0.2) is 0 Å². The molecule has 2 aliphatic rings. The lowest BCUT2D eigenvalue weighted by Crippen LogP contribution is -2.39. The van der Waals surface area contributed by atoms with Gasteiger partial charge in [0.25, 0.3) is 0 Å². The molecule has 1 heterocycles. The molecule has 136 valence electrons. The van der Waals surface area contributed by atoms with Crippen LogP contribution in [0.1, 0.15) is 32.1 Å². The molecule has 0 aromatic carbocycles. The molecule has 2 rings (SSSR count). The molecule has 0 aromatic rings. The van der Waals surface area contributed by atoms with Crippen LogP contribution < -0.4 is 5.32 Å². The molecule has 1 aliphatic carbocycles. The van der Waals surface area contributed by atoms with Gasteiger partial charge in [-0.15, -0.1) is 0 Å². The van der Waals surface area contributed by atoms with Gasteiger partial charge >= 0.3 is 0 Å². The summed E-state index contributed by atoms with van der Waals surface area (Å²) in [5.74, 6) is -0.0415. The Bertz CT molecular complexity index is 522. The van der Waals surface area contributed by atoms with Crippen LogP contribution in [0, 0.1) is 11.8 Å². The number of hydrogen-bond donors (Lipinski definition) is 2. The summed E-state index contributed by atoms with van der Waals surface area (Å²) >= 11 is 1.42. The first-order valence-electron chi connectivity index (χ1n) is 8.28. The molecule has 9 heteroatoms. The van der Waals surface area contributed by atoms with E-state index in [4.69, 9.17) is 4.89 Å². The van der Waals surface area contributed by atoms with Crippen molar-refractivity contribution in [3.63, 3.8) is 0 Å². The average molecular weight is 376 g/mol. The fourth-order valence-corrected chi connectivity index (χ4v) is 4.31. The smallest absolute Gasteiger partial charge is 0.242 e. The quantitative estimate of drug-likeness (QED) is 0.505. The van der Waals surface area contributed by atoms with E-state index in [1.807, 2.05) is 6.26 Å². The lowest BCUT2D eigenvalue weighted by atomic mass is 9.81. The zero-order valence-electron chi connectivity index (χ0n) is 13.8. The van der Waals surface area contributed by atoms with Crippen molar-refractivity contribution in [2.75, 3.05) is 25.5 Å². The van der Waals surface area contributed by atoms with E-state index in [1.165, 1.54) is 16.7 Å². The van der Waals surface area contributed by atoms with Crippen molar-refractivity contribution >= 4 is 37.5 Å². The van der Waals surface area contributed by atoms with Crippen molar-refractivity contribution < 1.29 is 23.8 Å². The molecule has 1 aliphatic heterocycles. The molecule has 3 amide bonds. The fraction of sp³-hybridized carbons (Fsp3) is 0.800. The Morgan fingerprint density at radius 1 is 1.33 bits per heavy atom. The Hall–Kier alpha value is -0.850. The standard InChI is InChI=1S/C15H25N2O5PS/c1-24-12-8-13(18)17(15(12)20)9-10-2-4-11(5-3-10)14(19)16-6-7-23(21)22/h10-12,23H,2-9H2,1H3,(H,16,19)(H,21,22). The van der Waals surface area contributed by atoms with Gasteiger partial charge in [0.05, 0.1) is 5.25 Å². The first kappa shape index (κ1) is 19.5. The number of rotatable bonds is 7. The molecule has 2 fully saturated rings. The van der Waals surface area contributed by atoms with Crippen LogP contribution in [0.2, 0.25) is 0 Å². The Morgan fingerprint density at radius 3 is 2.54 bits per heavy atom. The topological polar surface area (TPSA) is 104 Å². The molecule has 7 nitrogen and oxygen atoms in total. The third-order valence-electron chi connectivity index (χ3n) is 4.78. The van der Waals surface area contributed by atoms with Crippen molar-refractivity contribution in [2.45, 2.75) is 37.4 Å². The van der Waals surface area contributed by atoms with E-state index in [0.29, 0.717) is 13.0 Å².